The first-order valence-corrected chi connectivity index (χ1v) is 11.9. The van der Waals surface area contributed by atoms with Crippen molar-refractivity contribution >= 4 is 17.5 Å². The highest BCUT2D eigenvalue weighted by Gasteiger charge is 2.33. The predicted molar refractivity (Wildman–Crippen MR) is 129 cm³/mol. The molecule has 0 unspecified atom stereocenters. The molecule has 3 aromatic carbocycles. The molecule has 1 N–H and O–H groups in total. The summed E-state index contributed by atoms with van der Waals surface area (Å²) in [4.78, 5) is 15.4. The van der Waals surface area contributed by atoms with Crippen molar-refractivity contribution in [3.8, 4) is 5.75 Å². The number of nitrogens with one attached hydrogen (secondary N) is 1. The molecule has 1 heterocycles. The van der Waals surface area contributed by atoms with Gasteiger partial charge >= 0.3 is 0 Å². The number of amides is 1. The van der Waals surface area contributed by atoms with Crippen LogP contribution in [0.1, 0.15) is 30.0 Å². The molecule has 1 amide bonds. The molecular formula is C27H26ClF3N2O2. The Morgan fingerprint density at radius 2 is 1.71 bits per heavy atom. The van der Waals surface area contributed by atoms with Gasteiger partial charge in [-0.1, -0.05) is 41.9 Å². The van der Waals surface area contributed by atoms with E-state index in [1.807, 2.05) is 0 Å². The second-order valence-electron chi connectivity index (χ2n) is 8.45. The molecule has 0 aliphatic carbocycles. The van der Waals surface area contributed by atoms with Crippen LogP contribution in [0, 0.1) is 23.4 Å². The van der Waals surface area contributed by atoms with Gasteiger partial charge in [-0.25, -0.2) is 13.2 Å². The summed E-state index contributed by atoms with van der Waals surface area (Å²) in [6, 6.07) is 15.4. The molecule has 8 heteroatoms. The van der Waals surface area contributed by atoms with Crippen molar-refractivity contribution in [1.82, 2.24) is 10.2 Å². The summed E-state index contributed by atoms with van der Waals surface area (Å²) in [7, 11) is 0. The molecule has 3 aromatic rings. The zero-order chi connectivity index (χ0) is 24.8. The summed E-state index contributed by atoms with van der Waals surface area (Å²) in [5.74, 6) is -2.41. The number of hydrogen-bond donors (Lipinski definition) is 1. The highest BCUT2D eigenvalue weighted by Crippen LogP contribution is 2.33. The second-order valence-corrected chi connectivity index (χ2v) is 8.89. The Bertz CT molecular complexity index is 1150. The number of carbonyl (C=O) groups is 1. The van der Waals surface area contributed by atoms with Crippen LogP contribution >= 0.6 is 11.6 Å². The van der Waals surface area contributed by atoms with E-state index >= 15 is 4.39 Å². The lowest BCUT2D eigenvalue weighted by Gasteiger charge is -2.36. The van der Waals surface area contributed by atoms with Gasteiger partial charge in [-0.3, -0.25) is 4.79 Å². The van der Waals surface area contributed by atoms with E-state index in [9.17, 15) is 13.6 Å². The Morgan fingerprint density at radius 1 is 1.00 bits per heavy atom. The number of rotatable bonds is 8. The molecule has 1 atom stereocenters. The second kappa shape index (κ2) is 11.6. The third-order valence-electron chi connectivity index (χ3n) is 6.15. The molecule has 0 radical (unpaired) electrons. The van der Waals surface area contributed by atoms with Gasteiger partial charge in [0.2, 0.25) is 5.91 Å². The zero-order valence-electron chi connectivity index (χ0n) is 19.0. The Morgan fingerprint density at radius 3 is 2.43 bits per heavy atom. The summed E-state index contributed by atoms with van der Waals surface area (Å²) in [6.07, 6.45) is 1.30. The highest BCUT2D eigenvalue weighted by molar-refractivity contribution is 6.30. The van der Waals surface area contributed by atoms with E-state index in [1.165, 1.54) is 6.07 Å². The monoisotopic (exact) mass is 502 g/mol. The summed E-state index contributed by atoms with van der Waals surface area (Å²) >= 11 is 6.09. The smallest absolute Gasteiger partial charge is 0.226 e. The fourth-order valence-electron chi connectivity index (χ4n) is 4.38. The van der Waals surface area contributed by atoms with Crippen LogP contribution in [0.5, 0.6) is 5.75 Å². The molecule has 0 spiro atoms. The van der Waals surface area contributed by atoms with E-state index in [0.29, 0.717) is 42.1 Å². The summed E-state index contributed by atoms with van der Waals surface area (Å²) in [6.45, 7) is 1.36. The molecule has 0 bridgehead atoms. The summed E-state index contributed by atoms with van der Waals surface area (Å²) < 4.78 is 48.2. The Hall–Kier alpha value is -3.03. The molecule has 0 saturated carbocycles. The normalized spacial score (nSPS) is 15.0. The van der Waals surface area contributed by atoms with E-state index in [0.717, 1.165) is 18.2 Å². The van der Waals surface area contributed by atoms with Crippen molar-refractivity contribution in [2.24, 2.45) is 5.92 Å². The van der Waals surface area contributed by atoms with Crippen molar-refractivity contribution in [2.45, 2.75) is 18.9 Å². The van der Waals surface area contributed by atoms with E-state index in [1.54, 1.807) is 47.4 Å². The Balaban J connectivity index is 1.69. The van der Waals surface area contributed by atoms with Gasteiger partial charge in [-0.2, -0.15) is 0 Å². The lowest BCUT2D eigenvalue weighted by atomic mass is 9.92. The van der Waals surface area contributed by atoms with Gasteiger partial charge in [0.25, 0.3) is 0 Å². The largest absolute Gasteiger partial charge is 0.489 e. The first-order chi connectivity index (χ1) is 16.9. The van der Waals surface area contributed by atoms with E-state index in [4.69, 9.17) is 16.3 Å². The predicted octanol–water partition coefficient (Wildman–Crippen LogP) is 5.75. The van der Waals surface area contributed by atoms with Gasteiger partial charge in [-0.15, -0.1) is 0 Å². The van der Waals surface area contributed by atoms with Gasteiger partial charge in [0.1, 0.15) is 18.2 Å². The molecule has 1 aliphatic heterocycles. The maximum absolute atomic E-state index is 15.1. The van der Waals surface area contributed by atoms with Crippen molar-refractivity contribution in [3.05, 3.63) is 100 Å². The molecule has 0 aromatic heterocycles. The van der Waals surface area contributed by atoms with Gasteiger partial charge < -0.3 is 15.0 Å². The quantitative estimate of drug-likeness (QED) is 0.426. The van der Waals surface area contributed by atoms with Crippen LogP contribution < -0.4 is 10.1 Å². The average molecular weight is 503 g/mol. The van der Waals surface area contributed by atoms with Crippen LogP contribution in [-0.2, 0) is 4.79 Å². The zero-order valence-corrected chi connectivity index (χ0v) is 19.8. The molecule has 1 aliphatic rings. The number of halogens is 4. The SMILES string of the molecule is O=C(C1CCNCC1)N(CCOc1cc(F)ccc1F)[C@H](c1ccc(Cl)cc1)c1ccccc1F. The van der Waals surface area contributed by atoms with Crippen molar-refractivity contribution in [2.75, 3.05) is 26.2 Å². The fraction of sp³-hybridized carbons (Fsp3) is 0.296. The number of benzene rings is 3. The minimum atomic E-state index is -0.753. The molecule has 1 saturated heterocycles. The Kier molecular flexibility index (Phi) is 8.31. The first kappa shape index (κ1) is 25.1. The third-order valence-corrected chi connectivity index (χ3v) is 6.40. The van der Waals surface area contributed by atoms with Crippen LogP contribution in [0.25, 0.3) is 0 Å². The van der Waals surface area contributed by atoms with E-state index in [2.05, 4.69) is 5.32 Å². The lowest BCUT2D eigenvalue weighted by molar-refractivity contribution is -0.138. The molecule has 4 nitrogen and oxygen atoms in total. The summed E-state index contributed by atoms with van der Waals surface area (Å²) in [5, 5.41) is 3.76. The van der Waals surface area contributed by atoms with Crippen molar-refractivity contribution in [3.63, 3.8) is 0 Å². The van der Waals surface area contributed by atoms with Crippen LogP contribution in [0.2, 0.25) is 5.02 Å². The summed E-state index contributed by atoms with van der Waals surface area (Å²) in [5.41, 5.74) is 1.01. The number of carbonyl (C=O) groups excluding carboxylic acids is 1. The number of nitrogens with zero attached hydrogens (tertiary/aromatic N) is 1. The minimum absolute atomic E-state index is 0.0420. The van der Waals surface area contributed by atoms with Gasteiger partial charge in [-0.05, 0) is 61.8 Å². The lowest BCUT2D eigenvalue weighted by Crippen LogP contribution is -2.45. The number of hydrogen-bond acceptors (Lipinski definition) is 3. The maximum atomic E-state index is 15.1. The van der Waals surface area contributed by atoms with Crippen LogP contribution in [0.3, 0.4) is 0 Å². The van der Waals surface area contributed by atoms with E-state index < -0.39 is 23.5 Å². The van der Waals surface area contributed by atoms with Crippen LogP contribution in [0.4, 0.5) is 13.2 Å². The van der Waals surface area contributed by atoms with Gasteiger partial charge in [0.05, 0.1) is 12.6 Å². The minimum Gasteiger partial charge on any atom is -0.489 e. The Labute approximate surface area is 207 Å². The topological polar surface area (TPSA) is 41.6 Å². The van der Waals surface area contributed by atoms with Gasteiger partial charge in [0, 0.05) is 22.6 Å². The van der Waals surface area contributed by atoms with E-state index in [-0.39, 0.29) is 30.7 Å². The van der Waals surface area contributed by atoms with Gasteiger partial charge in [0.15, 0.2) is 11.6 Å². The number of ether oxygens (including phenoxy) is 1. The average Bonchev–Trinajstić information content (AvgIpc) is 2.87. The van der Waals surface area contributed by atoms with Crippen LogP contribution in [-0.4, -0.2) is 37.0 Å². The van der Waals surface area contributed by atoms with Crippen LogP contribution in [0.15, 0.2) is 66.7 Å². The fourth-order valence-corrected chi connectivity index (χ4v) is 4.51. The standard InChI is InChI=1S/C27H26ClF3N2O2/c28-20-7-5-18(6-8-20)26(22-3-1-2-4-23(22)30)33(27(34)19-11-13-32-14-12-19)15-16-35-25-17-21(29)9-10-24(25)31/h1-10,17,19,26,32H,11-16H2/t26-/m1/s1. The number of piperidine rings is 1. The maximum Gasteiger partial charge on any atom is 0.226 e. The van der Waals surface area contributed by atoms with Crippen molar-refractivity contribution < 1.29 is 22.7 Å². The molecule has 4 rings (SSSR count). The molecule has 184 valence electrons. The highest BCUT2D eigenvalue weighted by atomic mass is 35.5. The molecular weight excluding hydrogens is 477 g/mol. The molecule has 35 heavy (non-hydrogen) atoms. The van der Waals surface area contributed by atoms with Crippen molar-refractivity contribution in [1.29, 1.82) is 0 Å². The molecule has 1 fully saturated rings. The third kappa shape index (κ3) is 6.16. The first-order valence-electron chi connectivity index (χ1n) is 11.5.